The third-order valence-electron chi connectivity index (χ3n) is 9.28. The van der Waals surface area contributed by atoms with Crippen LogP contribution in [0.2, 0.25) is 0 Å². The van der Waals surface area contributed by atoms with Crippen LogP contribution in [0.5, 0.6) is 0 Å². The van der Waals surface area contributed by atoms with Crippen molar-refractivity contribution in [3.63, 3.8) is 0 Å². The van der Waals surface area contributed by atoms with Crippen molar-refractivity contribution in [2.45, 2.75) is 13.3 Å². The predicted molar refractivity (Wildman–Crippen MR) is 199 cm³/mol. The predicted octanol–water partition coefficient (Wildman–Crippen LogP) is 7.68. The lowest BCUT2D eigenvalue weighted by molar-refractivity contribution is 0.619. The maximum atomic E-state index is 14.2. The highest BCUT2D eigenvalue weighted by Gasteiger charge is 2.17. The van der Waals surface area contributed by atoms with Crippen LogP contribution in [0.4, 0.5) is 4.39 Å². The van der Waals surface area contributed by atoms with E-state index in [1.165, 1.54) is 21.5 Å². The summed E-state index contributed by atoms with van der Waals surface area (Å²) in [6, 6.07) is 30.5. The van der Waals surface area contributed by atoms with Crippen molar-refractivity contribution < 1.29 is 4.39 Å². The normalized spacial score (nSPS) is 11.4. The summed E-state index contributed by atoms with van der Waals surface area (Å²) in [5, 5.41) is 1.04. The summed E-state index contributed by atoms with van der Waals surface area (Å²) in [6.45, 7) is 1.73. The molecular weight excluding hydrogens is 640 g/mol. The molecule has 4 aromatic heterocycles. The zero-order chi connectivity index (χ0) is 35.2. The second-order valence-electron chi connectivity index (χ2n) is 12.7. The highest BCUT2D eigenvalue weighted by Crippen LogP contribution is 2.35. The van der Waals surface area contributed by atoms with E-state index in [0.29, 0.717) is 39.5 Å². The number of rotatable bonds is 6. The highest BCUT2D eigenvalue weighted by molar-refractivity contribution is 5.91. The lowest BCUT2D eigenvalue weighted by atomic mass is 9.92. The van der Waals surface area contributed by atoms with Gasteiger partial charge in [0, 0.05) is 48.7 Å². The summed E-state index contributed by atoms with van der Waals surface area (Å²) >= 11 is 0. The van der Waals surface area contributed by atoms with E-state index in [0.717, 1.165) is 50.2 Å². The molecule has 8 nitrogen and oxygen atoms in total. The molecule has 0 amide bonds. The minimum atomic E-state index is -0.279. The Kier molecular flexibility index (Phi) is 7.87. The lowest BCUT2D eigenvalue weighted by Crippen LogP contribution is -2.17. The number of hydrogen-bond donors (Lipinski definition) is 0. The Hall–Kier alpha value is -6.61. The molecule has 4 aromatic carbocycles. The molecule has 9 heteroatoms. The SMILES string of the molecule is Cc1cc(-c2ncccc2-c2cc(Cc3cccc(-c4ncccc4-c4ccc5ncn(C)c(=O)c5c4)c3)c3ncn(C)c(=O)c3c2)ccc1F. The summed E-state index contributed by atoms with van der Waals surface area (Å²) in [5.41, 5.74) is 9.96. The number of pyridine rings is 2. The Balaban J connectivity index is 1.23. The summed E-state index contributed by atoms with van der Waals surface area (Å²) in [5.74, 6) is -0.279. The summed E-state index contributed by atoms with van der Waals surface area (Å²) < 4.78 is 17.2. The van der Waals surface area contributed by atoms with E-state index in [1.54, 1.807) is 51.9 Å². The summed E-state index contributed by atoms with van der Waals surface area (Å²) in [6.07, 6.45) is 7.04. The Labute approximate surface area is 292 Å². The lowest BCUT2D eigenvalue weighted by Gasteiger charge is -2.15. The van der Waals surface area contributed by atoms with Crippen LogP contribution in [0.3, 0.4) is 0 Å². The Morgan fingerprint density at radius 1 is 0.608 bits per heavy atom. The molecule has 0 spiro atoms. The van der Waals surface area contributed by atoms with Crippen molar-refractivity contribution >= 4 is 21.8 Å². The first-order chi connectivity index (χ1) is 24.7. The molecule has 51 heavy (non-hydrogen) atoms. The van der Waals surface area contributed by atoms with Gasteiger partial charge in [0.2, 0.25) is 0 Å². The highest BCUT2D eigenvalue weighted by atomic mass is 19.1. The monoisotopic (exact) mass is 670 g/mol. The summed E-state index contributed by atoms with van der Waals surface area (Å²) in [7, 11) is 3.38. The molecule has 8 rings (SSSR count). The van der Waals surface area contributed by atoms with E-state index in [-0.39, 0.29) is 16.9 Å². The molecule has 0 aliphatic rings. The molecule has 0 atom stereocenters. The van der Waals surface area contributed by atoms with Gasteiger partial charge in [0.25, 0.3) is 11.1 Å². The minimum Gasteiger partial charge on any atom is -0.302 e. The first-order valence-corrected chi connectivity index (χ1v) is 16.5. The number of hydrogen-bond acceptors (Lipinski definition) is 6. The topological polar surface area (TPSA) is 95.6 Å². The first-order valence-electron chi connectivity index (χ1n) is 16.5. The zero-order valence-electron chi connectivity index (χ0n) is 28.1. The van der Waals surface area contributed by atoms with Gasteiger partial charge in [-0.15, -0.1) is 0 Å². The average molecular weight is 671 g/mol. The van der Waals surface area contributed by atoms with Gasteiger partial charge in [-0.1, -0.05) is 36.4 Å². The van der Waals surface area contributed by atoms with Crippen molar-refractivity contribution in [3.8, 4) is 44.8 Å². The third kappa shape index (κ3) is 5.78. The van der Waals surface area contributed by atoms with Crippen LogP contribution < -0.4 is 11.1 Å². The molecule has 0 aliphatic heterocycles. The van der Waals surface area contributed by atoms with Crippen LogP contribution in [-0.2, 0) is 20.5 Å². The van der Waals surface area contributed by atoms with Crippen molar-refractivity contribution in [1.82, 2.24) is 29.1 Å². The van der Waals surface area contributed by atoms with Crippen LogP contribution in [0.15, 0.2) is 132 Å². The number of nitrogens with zero attached hydrogens (tertiary/aromatic N) is 6. The van der Waals surface area contributed by atoms with Crippen molar-refractivity contribution in [1.29, 1.82) is 0 Å². The van der Waals surface area contributed by atoms with Crippen molar-refractivity contribution in [2.75, 3.05) is 0 Å². The van der Waals surface area contributed by atoms with E-state index in [1.807, 2.05) is 66.7 Å². The van der Waals surface area contributed by atoms with Gasteiger partial charge in [-0.25, -0.2) is 14.4 Å². The minimum absolute atomic E-state index is 0.113. The molecule has 0 radical (unpaired) electrons. The fourth-order valence-corrected chi connectivity index (χ4v) is 6.64. The van der Waals surface area contributed by atoms with Crippen LogP contribution in [-0.4, -0.2) is 29.1 Å². The number of aryl methyl sites for hydroxylation is 3. The molecule has 0 fully saturated rings. The maximum Gasteiger partial charge on any atom is 0.260 e. The van der Waals surface area contributed by atoms with Gasteiger partial charge in [0.05, 0.1) is 45.8 Å². The van der Waals surface area contributed by atoms with Gasteiger partial charge in [-0.05, 0) is 102 Å². The molecule has 4 heterocycles. The fraction of sp³-hybridized carbons (Fsp3) is 0.0952. The van der Waals surface area contributed by atoms with Gasteiger partial charge in [-0.3, -0.25) is 19.6 Å². The molecule has 0 N–H and O–H groups in total. The van der Waals surface area contributed by atoms with Gasteiger partial charge < -0.3 is 9.13 Å². The Morgan fingerprint density at radius 2 is 1.25 bits per heavy atom. The second kappa shape index (κ2) is 12.7. The third-order valence-corrected chi connectivity index (χ3v) is 9.28. The number of halogens is 1. The maximum absolute atomic E-state index is 14.2. The molecule has 0 unspecified atom stereocenters. The second-order valence-corrected chi connectivity index (χ2v) is 12.7. The summed E-state index contributed by atoms with van der Waals surface area (Å²) in [4.78, 5) is 45.0. The fourth-order valence-electron chi connectivity index (χ4n) is 6.64. The van der Waals surface area contributed by atoms with E-state index in [4.69, 9.17) is 9.97 Å². The van der Waals surface area contributed by atoms with Crippen LogP contribution in [0, 0.1) is 12.7 Å². The smallest absolute Gasteiger partial charge is 0.260 e. The standard InChI is InChI=1S/C42H31FN6O2/c1-25-17-29(11-13-36(25)43)39-33(10-6-16-45-39)30-20-31(40-35(22-30)42(51)49(3)24-47-40)19-26-7-4-8-28(18-26)38-32(9-5-15-44-38)27-12-14-37-34(21-27)41(50)48(2)23-46-37/h4-18,20-24H,19H2,1-3H3. The first kappa shape index (κ1) is 31.6. The Morgan fingerprint density at radius 3 is 2.00 bits per heavy atom. The van der Waals surface area contributed by atoms with E-state index in [9.17, 15) is 14.0 Å². The number of aromatic nitrogens is 6. The van der Waals surface area contributed by atoms with Crippen molar-refractivity contribution in [2.24, 2.45) is 14.1 Å². The van der Waals surface area contributed by atoms with Crippen LogP contribution in [0.1, 0.15) is 16.7 Å². The van der Waals surface area contributed by atoms with Gasteiger partial charge in [0.1, 0.15) is 5.82 Å². The quantitative estimate of drug-likeness (QED) is 0.180. The Bertz CT molecular complexity index is 2790. The number of benzene rings is 4. The van der Waals surface area contributed by atoms with Crippen LogP contribution >= 0.6 is 0 Å². The zero-order valence-corrected chi connectivity index (χ0v) is 28.1. The molecular formula is C42H31FN6O2. The molecule has 248 valence electrons. The largest absolute Gasteiger partial charge is 0.302 e. The van der Waals surface area contributed by atoms with Crippen LogP contribution in [0.25, 0.3) is 66.6 Å². The van der Waals surface area contributed by atoms with Crippen molar-refractivity contribution in [3.05, 3.63) is 165 Å². The average Bonchev–Trinajstić information content (AvgIpc) is 3.16. The van der Waals surface area contributed by atoms with E-state index >= 15 is 0 Å². The van der Waals surface area contributed by atoms with E-state index in [2.05, 4.69) is 22.1 Å². The molecule has 0 saturated heterocycles. The molecule has 0 saturated carbocycles. The molecule has 0 bridgehead atoms. The van der Waals surface area contributed by atoms with Gasteiger partial charge >= 0.3 is 0 Å². The van der Waals surface area contributed by atoms with Gasteiger partial charge in [0.15, 0.2) is 0 Å². The molecule has 0 aliphatic carbocycles. The molecule has 8 aromatic rings. The van der Waals surface area contributed by atoms with Gasteiger partial charge in [-0.2, -0.15) is 0 Å². The number of fused-ring (bicyclic) bond motifs is 2. The van der Waals surface area contributed by atoms with E-state index < -0.39 is 0 Å².